The van der Waals surface area contributed by atoms with E-state index in [2.05, 4.69) is 55.1 Å². The van der Waals surface area contributed by atoms with Gasteiger partial charge in [-0.05, 0) is 18.2 Å². The molecule has 2 N–H and O–H groups in total. The summed E-state index contributed by atoms with van der Waals surface area (Å²) in [6, 6.07) is 15.7. The van der Waals surface area contributed by atoms with Crippen molar-refractivity contribution in [3.05, 3.63) is 72.6 Å². The van der Waals surface area contributed by atoms with E-state index >= 15 is 0 Å². The monoisotopic (exact) mass is 616 g/mol. The van der Waals surface area contributed by atoms with Crippen LogP contribution in [0.3, 0.4) is 0 Å². The third-order valence-corrected chi connectivity index (χ3v) is 7.33. The van der Waals surface area contributed by atoms with Gasteiger partial charge >= 0.3 is 0 Å². The Morgan fingerprint density at radius 2 is 1.68 bits per heavy atom. The summed E-state index contributed by atoms with van der Waals surface area (Å²) in [5, 5.41) is 0.787. The van der Waals surface area contributed by atoms with Crippen molar-refractivity contribution in [2.75, 3.05) is 5.73 Å². The second kappa shape index (κ2) is 7.59. The Kier molecular flexibility index (Phi) is 5.31. The maximum Gasteiger partial charge on any atom is 0.268 e. The lowest BCUT2D eigenvalue weighted by Gasteiger charge is -2.09. The maximum atomic E-state index is 13.3. The van der Waals surface area contributed by atoms with E-state index in [4.69, 9.17) is 5.73 Å². The molecule has 0 spiro atoms. The minimum Gasteiger partial charge on any atom is -0.368 e. The first-order chi connectivity index (χ1) is 13.4. The van der Waals surface area contributed by atoms with Crippen LogP contribution in [0.25, 0.3) is 22.2 Å². The average Bonchev–Trinajstić information content (AvgIpc) is 3.09. The van der Waals surface area contributed by atoms with Crippen LogP contribution in [-0.2, 0) is 10.0 Å². The number of fused-ring (bicyclic) bond motifs is 1. The van der Waals surface area contributed by atoms with Crippen LogP contribution in [-0.4, -0.2) is 22.4 Å². The molecule has 0 aliphatic heterocycles. The lowest BCUT2D eigenvalue weighted by Crippen LogP contribution is -2.11. The van der Waals surface area contributed by atoms with Crippen molar-refractivity contribution in [2.24, 2.45) is 0 Å². The van der Waals surface area contributed by atoms with E-state index in [0.717, 1.165) is 10.9 Å². The predicted molar refractivity (Wildman–Crippen MR) is 127 cm³/mol. The third-order valence-electron chi connectivity index (χ3n) is 4.30. The first kappa shape index (κ1) is 19.6. The number of hydrogen-bond donors (Lipinski definition) is 1. The molecule has 0 aliphatic carbocycles. The highest BCUT2D eigenvalue weighted by Gasteiger charge is 2.24. The van der Waals surface area contributed by atoms with Crippen molar-refractivity contribution in [1.29, 1.82) is 0 Å². The number of hydrogen-bond acceptors (Lipinski definition) is 5. The van der Waals surface area contributed by atoms with Gasteiger partial charge in [0.15, 0.2) is 0 Å². The van der Waals surface area contributed by atoms with Crippen LogP contribution in [0, 0.1) is 0 Å². The number of alkyl halides is 2. The molecule has 2 aromatic carbocycles. The summed E-state index contributed by atoms with van der Waals surface area (Å²) in [5.41, 5.74) is 8.66. The molecule has 0 unspecified atom stereocenters. The summed E-state index contributed by atoms with van der Waals surface area (Å²) in [7, 11) is -3.76. The molecule has 142 valence electrons. The van der Waals surface area contributed by atoms with Gasteiger partial charge in [0.1, 0.15) is 0 Å². The van der Waals surface area contributed by atoms with Crippen LogP contribution in [0.2, 0.25) is 0 Å². The summed E-state index contributed by atoms with van der Waals surface area (Å²) < 4.78 is 28.0. The number of nitrogens with two attached hydrogens (primary N) is 1. The molecule has 0 radical (unpaired) electrons. The molecule has 0 fully saturated rings. The fraction of sp³-hybridized carbons (Fsp3) is 0.0526. The quantitative estimate of drug-likeness (QED) is 0.263. The van der Waals surface area contributed by atoms with Gasteiger partial charge < -0.3 is 5.73 Å². The van der Waals surface area contributed by atoms with Gasteiger partial charge in [0.05, 0.1) is 18.0 Å². The Bertz CT molecular complexity index is 1270. The van der Waals surface area contributed by atoms with Crippen molar-refractivity contribution >= 4 is 72.1 Å². The van der Waals surface area contributed by atoms with Gasteiger partial charge in [-0.1, -0.05) is 81.6 Å². The van der Waals surface area contributed by atoms with Crippen LogP contribution < -0.4 is 5.73 Å². The highest BCUT2D eigenvalue weighted by atomic mass is 127. The van der Waals surface area contributed by atoms with E-state index in [1.807, 2.05) is 18.2 Å². The molecule has 0 atom stereocenters. The summed E-state index contributed by atoms with van der Waals surface area (Å²) in [4.78, 5) is 8.76. The average molecular weight is 616 g/mol. The number of aromatic nitrogens is 3. The van der Waals surface area contributed by atoms with Crippen molar-refractivity contribution < 1.29 is 8.42 Å². The molecule has 0 saturated heterocycles. The molecule has 4 rings (SSSR count). The van der Waals surface area contributed by atoms with Gasteiger partial charge in [0.2, 0.25) is 5.95 Å². The maximum absolute atomic E-state index is 13.3. The van der Waals surface area contributed by atoms with Crippen molar-refractivity contribution in [3.63, 3.8) is 0 Å². The van der Waals surface area contributed by atoms with E-state index in [0.29, 0.717) is 16.8 Å². The summed E-state index contributed by atoms with van der Waals surface area (Å²) in [6.07, 6.45) is 3.31. The zero-order valence-corrected chi connectivity index (χ0v) is 19.5. The zero-order chi connectivity index (χ0) is 19.9. The van der Waals surface area contributed by atoms with Gasteiger partial charge in [-0.15, -0.1) is 0 Å². The number of benzene rings is 2. The zero-order valence-electron chi connectivity index (χ0n) is 14.3. The van der Waals surface area contributed by atoms with Crippen LogP contribution in [0.1, 0.15) is 7.49 Å². The molecule has 0 amide bonds. The molecule has 9 heteroatoms. The van der Waals surface area contributed by atoms with Crippen LogP contribution >= 0.6 is 45.2 Å². The standard InChI is InChI=1S/C19H14I2N4O2S/c20-18(21)14-10-23-19(22)24-17(14)15-11-25(16-9-5-4-8-13(15)16)28(26,27)12-6-2-1-3-7-12/h1-11,18H,(H2,22,23,24). The molecule has 0 aliphatic rings. The number of nitrogens with zero attached hydrogens (tertiary/aromatic N) is 3. The Labute approximate surface area is 189 Å². The van der Waals surface area contributed by atoms with E-state index in [1.54, 1.807) is 48.8 Å². The van der Waals surface area contributed by atoms with Crippen LogP contribution in [0.4, 0.5) is 5.95 Å². The first-order valence-electron chi connectivity index (χ1n) is 8.21. The van der Waals surface area contributed by atoms with Gasteiger partial charge in [-0.2, -0.15) is 0 Å². The first-order valence-corrected chi connectivity index (χ1v) is 12.1. The predicted octanol–water partition coefficient (Wildman–Crippen LogP) is 4.79. The summed E-state index contributed by atoms with van der Waals surface area (Å²) in [6.45, 7) is 0. The van der Waals surface area contributed by atoms with Gasteiger partial charge in [0.25, 0.3) is 10.0 Å². The number of para-hydroxylation sites is 1. The lowest BCUT2D eigenvalue weighted by molar-refractivity contribution is 0.589. The number of nitrogen functional groups attached to an aromatic ring is 1. The summed E-state index contributed by atoms with van der Waals surface area (Å²) in [5.74, 6) is 0.148. The van der Waals surface area contributed by atoms with Crippen molar-refractivity contribution in [3.8, 4) is 11.3 Å². The number of rotatable bonds is 4. The fourth-order valence-electron chi connectivity index (χ4n) is 3.02. The molecular formula is C19H14I2N4O2S. The van der Waals surface area contributed by atoms with E-state index in [9.17, 15) is 8.42 Å². The van der Waals surface area contributed by atoms with Crippen molar-refractivity contribution in [2.45, 2.75) is 6.83 Å². The van der Waals surface area contributed by atoms with Crippen LogP contribution in [0.5, 0.6) is 0 Å². The smallest absolute Gasteiger partial charge is 0.268 e. The normalized spacial score (nSPS) is 12.0. The second-order valence-corrected chi connectivity index (χ2v) is 12.7. The Hall–Kier alpha value is -1.73. The summed E-state index contributed by atoms with van der Waals surface area (Å²) >= 11 is 4.54. The minimum absolute atomic E-state index is 0.0960. The topological polar surface area (TPSA) is 90.9 Å². The molecule has 2 aromatic heterocycles. The molecule has 0 bridgehead atoms. The molecule has 4 aromatic rings. The molecule has 28 heavy (non-hydrogen) atoms. The largest absolute Gasteiger partial charge is 0.368 e. The van der Waals surface area contributed by atoms with Gasteiger partial charge in [-0.25, -0.2) is 22.4 Å². The molecular weight excluding hydrogens is 602 g/mol. The highest BCUT2D eigenvalue weighted by molar-refractivity contribution is 14.2. The Morgan fingerprint density at radius 1 is 1.00 bits per heavy atom. The van der Waals surface area contributed by atoms with E-state index < -0.39 is 10.0 Å². The second-order valence-electron chi connectivity index (χ2n) is 6.01. The Balaban J connectivity index is 2.04. The lowest BCUT2D eigenvalue weighted by atomic mass is 10.1. The third kappa shape index (κ3) is 3.39. The van der Waals surface area contributed by atoms with Gasteiger partial charge in [0, 0.05) is 28.9 Å². The van der Waals surface area contributed by atoms with Crippen molar-refractivity contribution in [1.82, 2.24) is 13.9 Å². The molecule has 6 nitrogen and oxygen atoms in total. The number of halogens is 2. The molecule has 2 heterocycles. The minimum atomic E-state index is -3.76. The van der Waals surface area contributed by atoms with E-state index in [-0.39, 0.29) is 12.8 Å². The van der Waals surface area contributed by atoms with Gasteiger partial charge in [-0.3, -0.25) is 0 Å². The highest BCUT2D eigenvalue weighted by Crippen LogP contribution is 2.40. The fourth-order valence-corrected chi connectivity index (χ4v) is 5.33. The Morgan fingerprint density at radius 3 is 2.39 bits per heavy atom. The SMILES string of the molecule is Nc1ncc(C(I)I)c(-c2cn(S(=O)(=O)c3ccccc3)c3ccccc23)n1. The number of anilines is 1. The van der Waals surface area contributed by atoms with E-state index in [1.165, 1.54) is 3.97 Å². The molecule has 0 saturated carbocycles. The van der Waals surface area contributed by atoms with Crippen LogP contribution in [0.15, 0.2) is 71.9 Å².